The summed E-state index contributed by atoms with van der Waals surface area (Å²) < 4.78 is 7.04. The van der Waals surface area contributed by atoms with Crippen LogP contribution in [-0.2, 0) is 0 Å². The monoisotopic (exact) mass is 267 g/mol. The van der Waals surface area contributed by atoms with Crippen LogP contribution >= 0.6 is 0 Å². The molecular weight excluding hydrogens is 254 g/mol. The number of nitrogens with zero attached hydrogens (tertiary/aromatic N) is 2. The molecular formula is C15H13N3O2. The van der Waals surface area contributed by atoms with Crippen LogP contribution in [0.3, 0.4) is 0 Å². The summed E-state index contributed by atoms with van der Waals surface area (Å²) >= 11 is 0. The molecule has 0 fully saturated rings. The zero-order valence-corrected chi connectivity index (χ0v) is 10.9. The second-order valence-corrected chi connectivity index (χ2v) is 4.36. The molecule has 1 N–H and O–H groups in total. The molecule has 0 aliphatic heterocycles. The van der Waals surface area contributed by atoms with E-state index in [9.17, 15) is 4.79 Å². The number of anilines is 1. The summed E-state index contributed by atoms with van der Waals surface area (Å²) in [6.07, 6.45) is 3.23. The standard InChI is InChI=1S/C15H13N3O2/c1-11-10-18-9-5-8-13(14(18)16-11)17-15(19)20-12-6-3-2-4-7-12/h2-10H,1H3,(H,17,19). The summed E-state index contributed by atoms with van der Waals surface area (Å²) in [4.78, 5) is 16.2. The second kappa shape index (κ2) is 5.05. The van der Waals surface area contributed by atoms with Crippen LogP contribution < -0.4 is 10.1 Å². The third-order valence-corrected chi connectivity index (χ3v) is 2.79. The number of carbonyl (C=O) groups excluding carboxylic acids is 1. The Bertz CT molecular complexity index is 750. The summed E-state index contributed by atoms with van der Waals surface area (Å²) in [7, 11) is 0. The number of imidazole rings is 1. The first-order chi connectivity index (χ1) is 9.72. The SMILES string of the molecule is Cc1cn2cccc(NC(=O)Oc3ccccc3)c2n1. The van der Waals surface area contributed by atoms with Gasteiger partial charge < -0.3 is 9.14 Å². The number of carbonyl (C=O) groups is 1. The highest BCUT2D eigenvalue weighted by Gasteiger charge is 2.09. The van der Waals surface area contributed by atoms with Crippen molar-refractivity contribution in [3.05, 3.63) is 60.6 Å². The predicted molar refractivity (Wildman–Crippen MR) is 76.0 cm³/mol. The van der Waals surface area contributed by atoms with Crippen LogP contribution in [0.2, 0.25) is 0 Å². The number of benzene rings is 1. The van der Waals surface area contributed by atoms with Crippen molar-refractivity contribution >= 4 is 17.4 Å². The van der Waals surface area contributed by atoms with E-state index in [1.165, 1.54) is 0 Å². The molecule has 3 aromatic rings. The third-order valence-electron chi connectivity index (χ3n) is 2.79. The number of ether oxygens (including phenoxy) is 1. The van der Waals surface area contributed by atoms with Crippen molar-refractivity contribution in [2.75, 3.05) is 5.32 Å². The molecule has 1 aromatic carbocycles. The normalized spacial score (nSPS) is 10.4. The van der Waals surface area contributed by atoms with E-state index in [-0.39, 0.29) is 0 Å². The van der Waals surface area contributed by atoms with E-state index in [4.69, 9.17) is 4.74 Å². The minimum Gasteiger partial charge on any atom is -0.410 e. The molecule has 2 heterocycles. The van der Waals surface area contributed by atoms with Gasteiger partial charge in [-0.3, -0.25) is 5.32 Å². The number of hydrogen-bond acceptors (Lipinski definition) is 3. The summed E-state index contributed by atoms with van der Waals surface area (Å²) in [5, 5.41) is 2.70. The third kappa shape index (κ3) is 2.47. The van der Waals surface area contributed by atoms with Crippen molar-refractivity contribution in [3.8, 4) is 5.75 Å². The van der Waals surface area contributed by atoms with E-state index >= 15 is 0 Å². The number of fused-ring (bicyclic) bond motifs is 1. The van der Waals surface area contributed by atoms with Gasteiger partial charge in [0.15, 0.2) is 5.65 Å². The van der Waals surface area contributed by atoms with Crippen molar-refractivity contribution in [2.45, 2.75) is 6.92 Å². The lowest BCUT2D eigenvalue weighted by atomic mass is 10.3. The summed E-state index contributed by atoms with van der Waals surface area (Å²) in [5.41, 5.74) is 2.19. The Kier molecular flexibility index (Phi) is 3.09. The lowest BCUT2D eigenvalue weighted by molar-refractivity contribution is 0.215. The Morgan fingerprint density at radius 3 is 2.80 bits per heavy atom. The molecule has 100 valence electrons. The number of rotatable bonds is 2. The Balaban J connectivity index is 1.81. The molecule has 3 rings (SSSR count). The van der Waals surface area contributed by atoms with E-state index < -0.39 is 6.09 Å². The van der Waals surface area contributed by atoms with Gasteiger partial charge in [-0.1, -0.05) is 18.2 Å². The van der Waals surface area contributed by atoms with Crippen molar-refractivity contribution in [3.63, 3.8) is 0 Å². The van der Waals surface area contributed by atoms with Gasteiger partial charge in [-0.25, -0.2) is 9.78 Å². The van der Waals surface area contributed by atoms with Crippen LogP contribution in [0.25, 0.3) is 5.65 Å². The Labute approximate surface area is 115 Å². The first-order valence-electron chi connectivity index (χ1n) is 6.20. The molecule has 1 amide bonds. The van der Waals surface area contributed by atoms with E-state index in [0.29, 0.717) is 17.1 Å². The minimum atomic E-state index is -0.537. The van der Waals surface area contributed by atoms with Gasteiger partial charge in [0, 0.05) is 12.4 Å². The summed E-state index contributed by atoms with van der Waals surface area (Å²) in [6, 6.07) is 12.5. The molecule has 20 heavy (non-hydrogen) atoms. The highest BCUT2D eigenvalue weighted by Crippen LogP contribution is 2.17. The molecule has 0 atom stereocenters. The Morgan fingerprint density at radius 2 is 2.00 bits per heavy atom. The fraction of sp³-hybridized carbons (Fsp3) is 0.0667. The molecule has 0 radical (unpaired) electrons. The van der Waals surface area contributed by atoms with Gasteiger partial charge in [0.1, 0.15) is 5.75 Å². The molecule has 0 bridgehead atoms. The maximum Gasteiger partial charge on any atom is 0.417 e. The van der Waals surface area contributed by atoms with Crippen molar-refractivity contribution in [1.29, 1.82) is 0 Å². The molecule has 0 spiro atoms. The van der Waals surface area contributed by atoms with E-state index in [1.54, 1.807) is 30.3 Å². The summed E-state index contributed by atoms with van der Waals surface area (Å²) in [5.74, 6) is 0.497. The number of hydrogen-bond donors (Lipinski definition) is 1. The number of para-hydroxylation sites is 1. The zero-order chi connectivity index (χ0) is 13.9. The highest BCUT2D eigenvalue weighted by molar-refractivity contribution is 5.90. The highest BCUT2D eigenvalue weighted by atomic mass is 16.6. The van der Waals surface area contributed by atoms with Crippen molar-refractivity contribution in [1.82, 2.24) is 9.38 Å². The van der Waals surface area contributed by atoms with Crippen LogP contribution in [0.1, 0.15) is 5.69 Å². The molecule has 0 aliphatic rings. The summed E-state index contributed by atoms with van der Waals surface area (Å²) in [6.45, 7) is 1.90. The van der Waals surface area contributed by atoms with Gasteiger partial charge in [-0.15, -0.1) is 0 Å². The topological polar surface area (TPSA) is 55.6 Å². The number of pyridine rings is 1. The van der Waals surface area contributed by atoms with Gasteiger partial charge >= 0.3 is 6.09 Å². The van der Waals surface area contributed by atoms with Crippen LogP contribution in [0, 0.1) is 6.92 Å². The van der Waals surface area contributed by atoms with E-state index in [2.05, 4.69) is 10.3 Å². The van der Waals surface area contributed by atoms with Gasteiger partial charge in [0.25, 0.3) is 0 Å². The lowest BCUT2D eigenvalue weighted by Crippen LogP contribution is -2.17. The number of aromatic nitrogens is 2. The quantitative estimate of drug-likeness (QED) is 0.775. The molecule has 0 saturated heterocycles. The fourth-order valence-corrected chi connectivity index (χ4v) is 1.96. The number of amides is 1. The smallest absolute Gasteiger partial charge is 0.410 e. The number of aryl methyl sites for hydroxylation is 1. The molecule has 2 aromatic heterocycles. The fourth-order valence-electron chi connectivity index (χ4n) is 1.96. The van der Waals surface area contributed by atoms with Crippen molar-refractivity contribution in [2.24, 2.45) is 0 Å². The van der Waals surface area contributed by atoms with Crippen LogP contribution in [0.4, 0.5) is 10.5 Å². The molecule has 0 aliphatic carbocycles. The largest absolute Gasteiger partial charge is 0.417 e. The molecule has 5 heteroatoms. The molecule has 5 nitrogen and oxygen atoms in total. The second-order valence-electron chi connectivity index (χ2n) is 4.36. The Morgan fingerprint density at radius 1 is 1.20 bits per heavy atom. The van der Waals surface area contributed by atoms with E-state index in [0.717, 1.165) is 5.69 Å². The van der Waals surface area contributed by atoms with Gasteiger partial charge in [0.2, 0.25) is 0 Å². The first kappa shape index (κ1) is 12.2. The maximum absolute atomic E-state index is 11.9. The van der Waals surface area contributed by atoms with Gasteiger partial charge in [-0.05, 0) is 31.2 Å². The molecule has 0 unspecified atom stereocenters. The Hall–Kier alpha value is -2.82. The van der Waals surface area contributed by atoms with Crippen molar-refractivity contribution < 1.29 is 9.53 Å². The molecule has 0 saturated carbocycles. The maximum atomic E-state index is 11.9. The van der Waals surface area contributed by atoms with Crippen LogP contribution in [0.5, 0.6) is 5.75 Å². The lowest BCUT2D eigenvalue weighted by Gasteiger charge is -2.07. The first-order valence-corrected chi connectivity index (χ1v) is 6.20. The zero-order valence-electron chi connectivity index (χ0n) is 10.9. The van der Waals surface area contributed by atoms with Crippen LogP contribution in [-0.4, -0.2) is 15.5 Å². The van der Waals surface area contributed by atoms with Gasteiger partial charge in [-0.2, -0.15) is 0 Å². The van der Waals surface area contributed by atoms with Crippen LogP contribution in [0.15, 0.2) is 54.9 Å². The predicted octanol–water partition coefficient (Wildman–Crippen LogP) is 3.25. The number of nitrogens with one attached hydrogen (secondary N) is 1. The average molecular weight is 267 g/mol. The van der Waals surface area contributed by atoms with Gasteiger partial charge in [0.05, 0.1) is 11.4 Å². The minimum absolute atomic E-state index is 0.497. The van der Waals surface area contributed by atoms with E-state index in [1.807, 2.05) is 35.9 Å². The average Bonchev–Trinajstić information content (AvgIpc) is 2.81.